The molecule has 1 aliphatic carbocycles. The highest BCUT2D eigenvalue weighted by Gasteiger charge is 2.31. The molecule has 226 valence electrons. The zero-order valence-corrected chi connectivity index (χ0v) is 25.4. The summed E-state index contributed by atoms with van der Waals surface area (Å²) in [5.41, 5.74) is 0.946. The highest BCUT2D eigenvalue weighted by atomic mass is 32.2. The second-order valence-electron chi connectivity index (χ2n) is 11.5. The molecule has 12 heteroatoms. The molecule has 1 aromatic carbocycles. The zero-order chi connectivity index (χ0) is 30.0. The minimum Gasteiger partial charge on any atom is -0.493 e. The van der Waals surface area contributed by atoms with Crippen molar-refractivity contribution >= 4 is 32.7 Å². The second kappa shape index (κ2) is 12.3. The molecule has 3 aromatic heterocycles. The van der Waals surface area contributed by atoms with E-state index in [1.807, 2.05) is 59.0 Å². The van der Waals surface area contributed by atoms with Gasteiger partial charge in [0, 0.05) is 43.0 Å². The Kier molecular flexibility index (Phi) is 8.29. The zero-order valence-electron chi connectivity index (χ0n) is 24.6. The van der Waals surface area contributed by atoms with E-state index in [4.69, 9.17) is 9.72 Å². The van der Waals surface area contributed by atoms with Gasteiger partial charge in [0.15, 0.2) is 11.6 Å². The van der Waals surface area contributed by atoms with Crippen molar-refractivity contribution in [3.8, 4) is 11.6 Å². The number of hydrogen-bond acceptors (Lipinski definition) is 8. The average Bonchev–Trinajstić information content (AvgIpc) is 3.61. The van der Waals surface area contributed by atoms with E-state index in [-0.39, 0.29) is 17.6 Å². The van der Waals surface area contributed by atoms with Crippen LogP contribution in [0.4, 0.5) is 0 Å². The van der Waals surface area contributed by atoms with Crippen LogP contribution in [0.5, 0.6) is 5.75 Å². The van der Waals surface area contributed by atoms with Gasteiger partial charge in [-0.2, -0.15) is 0 Å². The molecule has 0 saturated heterocycles. The van der Waals surface area contributed by atoms with Crippen LogP contribution in [-0.2, 0) is 27.7 Å². The first-order valence-electron chi connectivity index (χ1n) is 14.8. The average molecular weight is 604 g/mol. The maximum atomic E-state index is 13.2. The molecule has 1 amide bonds. The lowest BCUT2D eigenvalue weighted by atomic mass is 9.81. The summed E-state index contributed by atoms with van der Waals surface area (Å²) in [4.78, 5) is 24.4. The van der Waals surface area contributed by atoms with Crippen molar-refractivity contribution in [3.63, 3.8) is 0 Å². The number of hydrogen-bond donors (Lipinski definition) is 0. The molecule has 1 aliphatic heterocycles. The Bertz CT molecular complexity index is 1750. The Labute approximate surface area is 251 Å². The molecule has 0 N–H and O–H groups in total. The van der Waals surface area contributed by atoms with Crippen LogP contribution in [0.25, 0.3) is 22.8 Å². The molecular formula is C31H37N7O4S. The fraction of sp³-hybridized carbons (Fsp3) is 0.452. The number of carbonyl (C=O) groups excluding carboxylic acids is 1. The van der Waals surface area contributed by atoms with E-state index in [0.717, 1.165) is 60.6 Å². The predicted molar refractivity (Wildman–Crippen MR) is 163 cm³/mol. The molecule has 0 spiro atoms. The molecule has 1 saturated carbocycles. The van der Waals surface area contributed by atoms with Gasteiger partial charge in [-0.25, -0.2) is 18.4 Å². The molecule has 4 aromatic rings. The van der Waals surface area contributed by atoms with E-state index in [0.29, 0.717) is 43.6 Å². The third-order valence-electron chi connectivity index (χ3n) is 8.40. The number of carbonyl (C=O) groups is 1. The number of allylic oxidation sites excluding steroid dienone is 1. The van der Waals surface area contributed by atoms with Crippen LogP contribution in [0.2, 0.25) is 0 Å². The van der Waals surface area contributed by atoms with Crippen molar-refractivity contribution in [1.29, 1.82) is 0 Å². The van der Waals surface area contributed by atoms with Gasteiger partial charge in [-0.15, -0.1) is 10.2 Å². The highest BCUT2D eigenvalue weighted by Crippen LogP contribution is 2.32. The topological polar surface area (TPSA) is 125 Å². The van der Waals surface area contributed by atoms with Crippen LogP contribution in [0.3, 0.4) is 0 Å². The largest absolute Gasteiger partial charge is 0.493 e. The van der Waals surface area contributed by atoms with Gasteiger partial charge in [-0.05, 0) is 75.3 Å². The van der Waals surface area contributed by atoms with E-state index < -0.39 is 9.84 Å². The van der Waals surface area contributed by atoms with Gasteiger partial charge < -0.3 is 18.8 Å². The van der Waals surface area contributed by atoms with Gasteiger partial charge in [0.25, 0.3) is 0 Å². The van der Waals surface area contributed by atoms with E-state index in [9.17, 15) is 13.2 Å². The normalized spacial score (nSPS) is 19.2. The van der Waals surface area contributed by atoms with E-state index >= 15 is 0 Å². The second-order valence-corrected chi connectivity index (χ2v) is 13.8. The summed E-state index contributed by atoms with van der Waals surface area (Å²) in [5.74, 6) is 4.68. The number of aromatic nitrogens is 6. The number of rotatable bonds is 9. The number of ether oxygens (including phenoxy) is 1. The summed E-state index contributed by atoms with van der Waals surface area (Å²) in [7, 11) is -3.01. The Morgan fingerprint density at radius 2 is 1.93 bits per heavy atom. The number of fused-ring (bicyclic) bond motifs is 2. The summed E-state index contributed by atoms with van der Waals surface area (Å²) in [6.45, 7) is 4.31. The van der Waals surface area contributed by atoms with Crippen molar-refractivity contribution in [2.45, 2.75) is 52.1 Å². The number of amides is 1. The summed E-state index contributed by atoms with van der Waals surface area (Å²) in [6, 6.07) is 9.67. The molecule has 0 atom stereocenters. The van der Waals surface area contributed by atoms with E-state index in [1.165, 1.54) is 6.26 Å². The first kappa shape index (κ1) is 29.0. The molecule has 11 nitrogen and oxygen atoms in total. The summed E-state index contributed by atoms with van der Waals surface area (Å²) in [5, 5.41) is 9.32. The molecule has 0 unspecified atom stereocenters. The van der Waals surface area contributed by atoms with Crippen molar-refractivity contribution < 1.29 is 17.9 Å². The molecule has 2 aliphatic rings. The van der Waals surface area contributed by atoms with Crippen molar-refractivity contribution in [3.05, 3.63) is 66.3 Å². The minimum atomic E-state index is -3.01. The van der Waals surface area contributed by atoms with E-state index in [1.54, 1.807) is 6.20 Å². The third-order valence-corrected chi connectivity index (χ3v) is 9.43. The van der Waals surface area contributed by atoms with Gasteiger partial charge in [0.2, 0.25) is 5.91 Å². The quantitative estimate of drug-likeness (QED) is 0.263. The van der Waals surface area contributed by atoms with Crippen molar-refractivity contribution in [2.24, 2.45) is 11.8 Å². The van der Waals surface area contributed by atoms with E-state index in [2.05, 4.69) is 25.8 Å². The van der Waals surface area contributed by atoms with Crippen LogP contribution in [0.15, 0.2) is 48.8 Å². The maximum absolute atomic E-state index is 13.2. The smallest absolute Gasteiger partial charge is 0.226 e. The SMILES string of the molecule is Cc1nnc2n1CCN(C(=O)C1CCC(/C=C\c3nccc(-n4ccc5c(OCCCS(C)(=O)=O)cccc54)n3)CC1)C2. The van der Waals surface area contributed by atoms with Crippen LogP contribution in [-0.4, -0.2) is 73.7 Å². The van der Waals surface area contributed by atoms with Gasteiger partial charge in [-0.1, -0.05) is 12.1 Å². The number of nitrogens with zero attached hydrogens (tertiary/aromatic N) is 7. The fourth-order valence-electron chi connectivity index (χ4n) is 6.08. The number of benzene rings is 1. The fourth-order valence-corrected chi connectivity index (χ4v) is 6.72. The molecular weight excluding hydrogens is 566 g/mol. The molecule has 1 fully saturated rings. The van der Waals surface area contributed by atoms with Crippen LogP contribution >= 0.6 is 0 Å². The Balaban J connectivity index is 1.06. The number of aryl methyl sites for hydroxylation is 1. The van der Waals surface area contributed by atoms with Crippen molar-refractivity contribution in [1.82, 2.24) is 34.2 Å². The Morgan fingerprint density at radius 3 is 2.74 bits per heavy atom. The maximum Gasteiger partial charge on any atom is 0.226 e. The van der Waals surface area contributed by atoms with Gasteiger partial charge in [0.1, 0.15) is 27.2 Å². The van der Waals surface area contributed by atoms with Crippen LogP contribution < -0.4 is 4.74 Å². The Morgan fingerprint density at radius 1 is 1.09 bits per heavy atom. The summed E-state index contributed by atoms with van der Waals surface area (Å²) < 4.78 is 32.8. The van der Waals surface area contributed by atoms with Gasteiger partial charge in [0.05, 0.1) is 24.4 Å². The van der Waals surface area contributed by atoms with Crippen LogP contribution in [0.1, 0.15) is 49.6 Å². The molecule has 43 heavy (non-hydrogen) atoms. The first-order valence-corrected chi connectivity index (χ1v) is 16.9. The number of sulfone groups is 1. The lowest BCUT2D eigenvalue weighted by Crippen LogP contribution is -2.42. The molecule has 0 radical (unpaired) electrons. The lowest BCUT2D eigenvalue weighted by molar-refractivity contribution is -0.138. The van der Waals surface area contributed by atoms with Gasteiger partial charge in [-0.3, -0.25) is 4.79 Å². The lowest BCUT2D eigenvalue weighted by Gasteiger charge is -2.33. The highest BCUT2D eigenvalue weighted by molar-refractivity contribution is 7.90. The minimum absolute atomic E-state index is 0.0652. The van der Waals surface area contributed by atoms with Gasteiger partial charge >= 0.3 is 0 Å². The summed E-state index contributed by atoms with van der Waals surface area (Å²) >= 11 is 0. The third kappa shape index (κ3) is 6.64. The Hall–Kier alpha value is -4.06. The summed E-state index contributed by atoms with van der Waals surface area (Å²) in [6.07, 6.45) is 13.2. The first-order chi connectivity index (χ1) is 20.7. The predicted octanol–water partition coefficient (Wildman–Crippen LogP) is 4.00. The van der Waals surface area contributed by atoms with Crippen LogP contribution in [0, 0.1) is 18.8 Å². The molecule has 4 heterocycles. The molecule has 6 rings (SSSR count). The van der Waals surface area contributed by atoms with Crippen molar-refractivity contribution in [2.75, 3.05) is 25.2 Å². The molecule has 0 bridgehead atoms. The monoisotopic (exact) mass is 603 g/mol. The standard InChI is InChI=1S/C31H37N7O4S/c1-22-34-35-30-21-36(17-18-37(22)30)31(39)24-10-7-23(8-11-24)9-12-28-32-15-13-29(33-28)38-16-14-25-26(38)5-3-6-27(25)42-19-4-20-43(2,40)41/h3,5-6,9,12-16,23-24H,4,7-8,10-11,17-21H2,1-2H3/b12-9-.